The summed E-state index contributed by atoms with van der Waals surface area (Å²) in [6.45, 7) is 10.4. The number of carboxylic acids is 1. The van der Waals surface area contributed by atoms with Gasteiger partial charge in [0, 0.05) is 5.57 Å². The van der Waals surface area contributed by atoms with Gasteiger partial charge in [0.25, 0.3) is 0 Å². The average Bonchev–Trinajstić information content (AvgIpc) is 2.08. The van der Waals surface area contributed by atoms with Gasteiger partial charge in [-0.15, -0.1) is 13.2 Å². The Morgan fingerprint density at radius 3 is 1.42 bits per heavy atom. The minimum Gasteiger partial charge on any atom is -0.478 e. The molecule has 0 bridgehead atoms. The summed E-state index contributed by atoms with van der Waals surface area (Å²) >= 11 is 0. The summed E-state index contributed by atoms with van der Waals surface area (Å²) in [6.07, 6.45) is 0. The van der Waals surface area contributed by atoms with E-state index >= 15 is 0 Å². The summed E-state index contributed by atoms with van der Waals surface area (Å²) in [4.78, 5) is 9.60. The monoisotopic (exact) mass is 176 g/mol. The fourth-order valence-corrected chi connectivity index (χ4v) is 0. The zero-order valence-electron chi connectivity index (χ0n) is 7.29. The van der Waals surface area contributed by atoms with Crippen molar-refractivity contribution in [3.63, 3.8) is 0 Å². The Labute approximate surface area is 72.5 Å². The van der Waals surface area contributed by atoms with Crippen LogP contribution in [0.25, 0.3) is 0 Å². The lowest BCUT2D eigenvalue weighted by Crippen LogP contribution is -1.92. The highest BCUT2D eigenvalue weighted by Gasteiger charge is 1.90. The van der Waals surface area contributed by atoms with Crippen LogP contribution in [0.15, 0.2) is 25.3 Å². The van der Waals surface area contributed by atoms with Crippen LogP contribution in [0.5, 0.6) is 0 Å². The van der Waals surface area contributed by atoms with Gasteiger partial charge >= 0.3 is 5.97 Å². The number of rotatable bonds is 2. The third-order valence-electron chi connectivity index (χ3n) is 0.465. The van der Waals surface area contributed by atoms with Crippen LogP contribution in [0, 0.1) is 0 Å². The van der Waals surface area contributed by atoms with Crippen LogP contribution >= 0.6 is 0 Å². The van der Waals surface area contributed by atoms with Crippen molar-refractivity contribution in [1.82, 2.24) is 0 Å². The van der Waals surface area contributed by atoms with Gasteiger partial charge in [-0.25, -0.2) is 4.79 Å². The van der Waals surface area contributed by atoms with Crippen LogP contribution < -0.4 is 0 Å². The predicted octanol–water partition coefficient (Wildman–Crippen LogP) is 0.420. The zero-order valence-corrected chi connectivity index (χ0v) is 7.29. The van der Waals surface area contributed by atoms with E-state index in [1.165, 1.54) is 6.92 Å². The Balaban J connectivity index is -0.000000118. The molecule has 72 valence electrons. The topological polar surface area (TPSA) is 77.8 Å². The van der Waals surface area contributed by atoms with Gasteiger partial charge in [-0.2, -0.15) is 0 Å². The van der Waals surface area contributed by atoms with E-state index in [0.29, 0.717) is 0 Å². The third kappa shape index (κ3) is 36.7. The van der Waals surface area contributed by atoms with Gasteiger partial charge in [-0.1, -0.05) is 6.58 Å². The van der Waals surface area contributed by atoms with Gasteiger partial charge in [0.15, 0.2) is 0 Å². The van der Waals surface area contributed by atoms with Crippen LogP contribution in [-0.4, -0.2) is 34.5 Å². The summed E-state index contributed by atoms with van der Waals surface area (Å²) in [5.41, 5.74) is 0.176. The van der Waals surface area contributed by atoms with E-state index in [9.17, 15) is 4.79 Å². The van der Waals surface area contributed by atoms with Crippen molar-refractivity contribution in [3.8, 4) is 0 Å². The van der Waals surface area contributed by atoms with Gasteiger partial charge in [0.05, 0.1) is 13.2 Å². The van der Waals surface area contributed by atoms with E-state index in [0.717, 1.165) is 0 Å². The average molecular weight is 176 g/mol. The van der Waals surface area contributed by atoms with E-state index in [1.807, 2.05) is 0 Å². The number of carboxylic acid groups (broad SMARTS) is 1. The molecule has 0 saturated carbocycles. The van der Waals surface area contributed by atoms with Crippen LogP contribution in [0.2, 0.25) is 0 Å². The van der Waals surface area contributed by atoms with Crippen molar-refractivity contribution < 1.29 is 20.1 Å². The SMILES string of the molecule is C=C.C=C(C)C(=O)O.OCCO. The van der Waals surface area contributed by atoms with Gasteiger partial charge < -0.3 is 15.3 Å². The lowest BCUT2D eigenvalue weighted by atomic mass is 10.4. The molecular formula is C8H16O4. The van der Waals surface area contributed by atoms with Crippen LogP contribution in [-0.2, 0) is 4.79 Å². The summed E-state index contributed by atoms with van der Waals surface area (Å²) in [6, 6.07) is 0. The van der Waals surface area contributed by atoms with Crippen molar-refractivity contribution in [2.75, 3.05) is 13.2 Å². The van der Waals surface area contributed by atoms with Gasteiger partial charge in [-0.3, -0.25) is 0 Å². The maximum Gasteiger partial charge on any atom is 0.330 e. The standard InChI is InChI=1S/C4H6O2.C2H6O2.C2H4/c1-3(2)4(5)6;3-1-2-4;1-2/h1H2,2H3,(H,5,6);3-4H,1-2H2;1-2H2. The molecule has 0 atom stereocenters. The van der Waals surface area contributed by atoms with Crippen molar-refractivity contribution in [1.29, 1.82) is 0 Å². The molecule has 12 heavy (non-hydrogen) atoms. The smallest absolute Gasteiger partial charge is 0.330 e. The molecule has 0 aromatic heterocycles. The number of hydrogen-bond acceptors (Lipinski definition) is 3. The third-order valence-corrected chi connectivity index (χ3v) is 0.465. The van der Waals surface area contributed by atoms with Crippen molar-refractivity contribution in [2.45, 2.75) is 6.92 Å². The predicted molar refractivity (Wildman–Crippen MR) is 47.9 cm³/mol. The van der Waals surface area contributed by atoms with Crippen LogP contribution in [0.1, 0.15) is 6.92 Å². The van der Waals surface area contributed by atoms with Crippen molar-refractivity contribution >= 4 is 5.97 Å². The van der Waals surface area contributed by atoms with E-state index in [1.54, 1.807) is 0 Å². The number of aliphatic hydroxyl groups excluding tert-OH is 2. The molecule has 0 radical (unpaired) electrons. The molecule has 0 amide bonds. The second-order valence-corrected chi connectivity index (χ2v) is 1.53. The first-order chi connectivity index (χ1) is 5.56. The number of carbonyl (C=O) groups is 1. The second-order valence-electron chi connectivity index (χ2n) is 1.53. The molecule has 0 unspecified atom stereocenters. The largest absolute Gasteiger partial charge is 0.478 e. The molecule has 3 N–H and O–H groups in total. The van der Waals surface area contributed by atoms with E-state index in [-0.39, 0.29) is 18.8 Å². The highest BCUT2D eigenvalue weighted by atomic mass is 16.4. The van der Waals surface area contributed by atoms with Crippen LogP contribution in [0.3, 0.4) is 0 Å². The maximum atomic E-state index is 9.60. The molecule has 0 aliphatic carbocycles. The van der Waals surface area contributed by atoms with E-state index < -0.39 is 5.97 Å². The molecule has 0 rings (SSSR count). The van der Waals surface area contributed by atoms with Crippen molar-refractivity contribution in [2.24, 2.45) is 0 Å². The summed E-state index contributed by atoms with van der Waals surface area (Å²) in [5.74, 6) is -0.935. The number of aliphatic hydroxyl groups is 2. The molecule has 0 aliphatic heterocycles. The summed E-state index contributed by atoms with van der Waals surface area (Å²) in [7, 11) is 0. The Hall–Kier alpha value is -1.13. The Kier molecular flexibility index (Phi) is 23.4. The molecule has 0 spiro atoms. The van der Waals surface area contributed by atoms with Gasteiger partial charge in [0.1, 0.15) is 0 Å². The molecule has 0 aromatic carbocycles. The molecular weight excluding hydrogens is 160 g/mol. The first kappa shape index (κ1) is 17.1. The maximum absolute atomic E-state index is 9.60. The number of aliphatic carboxylic acids is 1. The molecule has 0 aromatic rings. The van der Waals surface area contributed by atoms with E-state index in [4.69, 9.17) is 15.3 Å². The Morgan fingerprint density at radius 1 is 1.25 bits per heavy atom. The first-order valence-electron chi connectivity index (χ1n) is 3.16. The minimum atomic E-state index is -0.935. The van der Waals surface area contributed by atoms with E-state index in [2.05, 4.69) is 19.7 Å². The fraction of sp³-hybridized carbons (Fsp3) is 0.375. The second kappa shape index (κ2) is 16.5. The molecule has 0 aliphatic rings. The van der Waals surface area contributed by atoms with Gasteiger partial charge in [-0.05, 0) is 6.92 Å². The highest BCUT2D eigenvalue weighted by molar-refractivity contribution is 5.84. The summed E-state index contributed by atoms with van der Waals surface area (Å²) in [5, 5.41) is 23.1. The van der Waals surface area contributed by atoms with Gasteiger partial charge in [0.2, 0.25) is 0 Å². The minimum absolute atomic E-state index is 0.125. The summed E-state index contributed by atoms with van der Waals surface area (Å²) < 4.78 is 0. The van der Waals surface area contributed by atoms with Crippen LogP contribution in [0.4, 0.5) is 0 Å². The zero-order chi connectivity index (χ0) is 10.6. The Morgan fingerprint density at radius 2 is 1.42 bits per heavy atom. The normalized spacial score (nSPS) is 6.58. The quantitative estimate of drug-likeness (QED) is 0.421. The Bertz CT molecular complexity index is 106. The lowest BCUT2D eigenvalue weighted by Gasteiger charge is -1.79. The lowest BCUT2D eigenvalue weighted by molar-refractivity contribution is -0.132. The first-order valence-corrected chi connectivity index (χ1v) is 3.16. The molecule has 0 fully saturated rings. The molecule has 0 saturated heterocycles. The highest BCUT2D eigenvalue weighted by Crippen LogP contribution is 1.81. The fourth-order valence-electron chi connectivity index (χ4n) is 0. The molecule has 0 heterocycles. The molecule has 4 heteroatoms. The van der Waals surface area contributed by atoms with Crippen molar-refractivity contribution in [3.05, 3.63) is 25.3 Å². The number of hydrogen-bond donors (Lipinski definition) is 3. The molecule has 4 nitrogen and oxygen atoms in total.